The van der Waals surface area contributed by atoms with Gasteiger partial charge in [0.15, 0.2) is 25.0 Å². The molecule has 0 aromatic carbocycles. The van der Waals surface area contributed by atoms with E-state index < -0.39 is 25.0 Å². The van der Waals surface area contributed by atoms with Crippen molar-refractivity contribution in [2.24, 2.45) is 23.2 Å². The minimum Gasteiger partial charge on any atom is -0.417 e. The molecule has 0 aliphatic heterocycles. The lowest BCUT2D eigenvalue weighted by atomic mass is 9.61. The van der Waals surface area contributed by atoms with Crippen LogP contribution in [0.1, 0.15) is 121 Å². The Morgan fingerprint density at radius 3 is 1.80 bits per heavy atom. The van der Waals surface area contributed by atoms with Crippen molar-refractivity contribution in [1.82, 2.24) is 0 Å². The number of rotatable bonds is 12. The van der Waals surface area contributed by atoms with Gasteiger partial charge in [-0.1, -0.05) is 106 Å². The van der Waals surface area contributed by atoms with E-state index in [0.29, 0.717) is 17.3 Å². The predicted molar refractivity (Wildman–Crippen MR) is 209 cm³/mol. The molecular formula is C40H76O3Si3. The summed E-state index contributed by atoms with van der Waals surface area (Å²) in [4.78, 5) is 0. The van der Waals surface area contributed by atoms with E-state index in [9.17, 15) is 0 Å². The Morgan fingerprint density at radius 1 is 0.848 bits per heavy atom. The summed E-state index contributed by atoms with van der Waals surface area (Å²) in [6.07, 6.45) is 13.6. The molecule has 46 heavy (non-hydrogen) atoms. The van der Waals surface area contributed by atoms with Gasteiger partial charge < -0.3 is 13.3 Å². The molecule has 0 amide bonds. The Labute approximate surface area is 290 Å². The van der Waals surface area contributed by atoms with Gasteiger partial charge in [-0.05, 0) is 128 Å². The number of hydrogen-bond acceptors (Lipinski definition) is 3. The van der Waals surface area contributed by atoms with Crippen LogP contribution in [-0.2, 0) is 13.3 Å². The van der Waals surface area contributed by atoms with Gasteiger partial charge in [0.25, 0.3) is 0 Å². The van der Waals surface area contributed by atoms with Crippen LogP contribution in [-0.4, -0.2) is 43.8 Å². The van der Waals surface area contributed by atoms with Gasteiger partial charge in [0.1, 0.15) is 0 Å². The first-order valence-corrected chi connectivity index (χ1v) is 27.5. The van der Waals surface area contributed by atoms with Gasteiger partial charge in [-0.15, -0.1) is 0 Å². The Balaban J connectivity index is 1.86. The van der Waals surface area contributed by atoms with Crippen LogP contribution in [0.15, 0.2) is 35.5 Å². The van der Waals surface area contributed by atoms with Crippen molar-refractivity contribution in [3.8, 4) is 0 Å². The molecule has 0 radical (unpaired) electrons. The summed E-state index contributed by atoms with van der Waals surface area (Å²) in [6.45, 7) is 41.4. The summed E-state index contributed by atoms with van der Waals surface area (Å²) in [6, 6.07) is 3.74. The van der Waals surface area contributed by atoms with Gasteiger partial charge in [-0.2, -0.15) is 0 Å². The molecule has 266 valence electrons. The fourth-order valence-electron chi connectivity index (χ4n) is 8.38. The highest BCUT2D eigenvalue weighted by molar-refractivity contribution is 6.74. The van der Waals surface area contributed by atoms with Crippen molar-refractivity contribution in [2.45, 2.75) is 188 Å². The van der Waals surface area contributed by atoms with E-state index in [1.54, 1.807) is 5.57 Å². The molecule has 0 bridgehead atoms. The molecule has 6 heteroatoms. The second-order valence-corrected chi connectivity index (χ2v) is 33.2. The summed E-state index contributed by atoms with van der Waals surface area (Å²) in [5.74, 6) is 2.09. The summed E-state index contributed by atoms with van der Waals surface area (Å²) in [5.41, 5.74) is 4.74. The van der Waals surface area contributed by atoms with Crippen LogP contribution in [0.5, 0.6) is 0 Å². The summed E-state index contributed by atoms with van der Waals surface area (Å²) in [5, 5.41) is 0.320. The number of allylic oxidation sites excluding steroid dienone is 3. The average molecular weight is 689 g/mol. The van der Waals surface area contributed by atoms with E-state index in [-0.39, 0.29) is 22.3 Å². The first-order valence-electron chi connectivity index (χ1n) is 19.1. The molecule has 3 saturated carbocycles. The Morgan fingerprint density at radius 2 is 1.35 bits per heavy atom. The first kappa shape index (κ1) is 40.2. The largest absolute Gasteiger partial charge is 0.417 e. The third kappa shape index (κ3) is 8.72. The molecule has 3 nitrogen and oxygen atoms in total. The van der Waals surface area contributed by atoms with Crippen LogP contribution < -0.4 is 0 Å². The maximum Gasteiger partial charge on any atom is 0.192 e. The van der Waals surface area contributed by atoms with E-state index in [1.165, 1.54) is 61.4 Å². The lowest BCUT2D eigenvalue weighted by Crippen LogP contribution is -2.49. The molecule has 0 spiro atoms. The van der Waals surface area contributed by atoms with E-state index in [4.69, 9.17) is 13.3 Å². The third-order valence-electron chi connectivity index (χ3n) is 14.1. The standard InChI is InChI=1S/C40H76O3Si3/c1-17-46(18-2,19-3)41-29-30(4)34-24-25-35-33(21-20-26-40(34,35)12)23-22-32-27-36(42-44(13,14)38(6,7)8)31(5)37(28-32)43-45(15,16)39(9,10)11/h22-23,30,34-37H,5,17-21,24-29H2,1-4,6-16H3/b33-23+/t30-,34?,35?,36-,37-,40-/m1/s1. The molecular weight excluding hydrogens is 613 g/mol. The fraction of sp³-hybridized carbons (Fsp3) is 0.850. The second-order valence-electron chi connectivity index (χ2n) is 18.9. The van der Waals surface area contributed by atoms with Crippen molar-refractivity contribution in [3.63, 3.8) is 0 Å². The van der Waals surface area contributed by atoms with Crippen LogP contribution in [0.2, 0.25) is 54.4 Å². The maximum atomic E-state index is 7.11. The highest BCUT2D eigenvalue weighted by Gasteiger charge is 2.51. The predicted octanol–water partition coefficient (Wildman–Crippen LogP) is 12.8. The maximum absolute atomic E-state index is 7.11. The van der Waals surface area contributed by atoms with Crippen LogP contribution in [0.25, 0.3) is 0 Å². The van der Waals surface area contributed by atoms with E-state index >= 15 is 0 Å². The summed E-state index contributed by atoms with van der Waals surface area (Å²) < 4.78 is 21.1. The van der Waals surface area contributed by atoms with Gasteiger partial charge in [-0.3, -0.25) is 0 Å². The monoisotopic (exact) mass is 689 g/mol. The molecule has 0 N–H and O–H groups in total. The summed E-state index contributed by atoms with van der Waals surface area (Å²) in [7, 11) is -5.50. The number of hydrogen-bond donors (Lipinski definition) is 0. The zero-order valence-corrected chi connectivity index (χ0v) is 36.3. The average Bonchev–Trinajstić information content (AvgIpc) is 3.31. The quantitative estimate of drug-likeness (QED) is 0.151. The minimum absolute atomic E-state index is 0.0347. The highest BCUT2D eigenvalue weighted by atomic mass is 28.4. The van der Waals surface area contributed by atoms with Crippen LogP contribution in [0.3, 0.4) is 0 Å². The molecule has 0 aromatic heterocycles. The van der Waals surface area contributed by atoms with Crippen molar-refractivity contribution >= 4 is 25.0 Å². The normalized spacial score (nSPS) is 30.1. The van der Waals surface area contributed by atoms with Crippen LogP contribution in [0, 0.1) is 23.2 Å². The second kappa shape index (κ2) is 14.9. The molecule has 6 atom stereocenters. The molecule has 0 heterocycles. The van der Waals surface area contributed by atoms with Crippen molar-refractivity contribution < 1.29 is 13.3 Å². The van der Waals surface area contributed by atoms with Gasteiger partial charge >= 0.3 is 0 Å². The van der Waals surface area contributed by atoms with Crippen LogP contribution in [0.4, 0.5) is 0 Å². The fourth-order valence-corrected chi connectivity index (χ4v) is 13.7. The molecule has 3 fully saturated rings. The third-order valence-corrected chi connectivity index (χ3v) is 27.7. The molecule has 3 aliphatic carbocycles. The van der Waals surface area contributed by atoms with Crippen molar-refractivity contribution in [3.05, 3.63) is 35.5 Å². The minimum atomic E-state index is -1.97. The van der Waals surface area contributed by atoms with Gasteiger partial charge in [0, 0.05) is 6.61 Å². The molecule has 0 saturated heterocycles. The topological polar surface area (TPSA) is 27.7 Å². The Bertz CT molecular complexity index is 1050. The molecule has 3 aliphatic rings. The molecule has 3 rings (SSSR count). The summed E-state index contributed by atoms with van der Waals surface area (Å²) >= 11 is 0. The SMILES string of the molecule is C=C1[C@H](O[Si](C)(C)C(C)(C)C)CC(=C/C=C2\CCC[C@@]3(C)C2CCC3[C@H](C)CO[Si](CC)(CC)CC)C[C@H]1O[Si](C)(C)C(C)(C)C. The lowest BCUT2D eigenvalue weighted by Gasteiger charge is -2.46. The number of fused-ring (bicyclic) bond motifs is 1. The molecule has 0 aromatic rings. The van der Waals surface area contributed by atoms with Crippen molar-refractivity contribution in [1.29, 1.82) is 0 Å². The van der Waals surface area contributed by atoms with Gasteiger partial charge in [-0.25, -0.2) is 0 Å². The molecule has 2 unspecified atom stereocenters. The van der Waals surface area contributed by atoms with E-state index in [2.05, 4.69) is 121 Å². The van der Waals surface area contributed by atoms with Crippen molar-refractivity contribution in [2.75, 3.05) is 6.61 Å². The van der Waals surface area contributed by atoms with Gasteiger partial charge in [0.2, 0.25) is 0 Å². The van der Waals surface area contributed by atoms with E-state index in [0.717, 1.165) is 25.4 Å². The zero-order valence-electron chi connectivity index (χ0n) is 33.3. The highest BCUT2D eigenvalue weighted by Crippen LogP contribution is 2.59. The van der Waals surface area contributed by atoms with Gasteiger partial charge in [0.05, 0.1) is 12.2 Å². The smallest absolute Gasteiger partial charge is 0.192 e. The Kier molecular flexibility index (Phi) is 13.0. The zero-order chi connectivity index (χ0) is 34.9. The first-order chi connectivity index (χ1) is 21.1. The van der Waals surface area contributed by atoms with Crippen LogP contribution >= 0.6 is 0 Å². The Hall–Kier alpha value is -0.249. The van der Waals surface area contributed by atoms with E-state index in [1.807, 2.05) is 0 Å². The lowest BCUT2D eigenvalue weighted by molar-refractivity contribution is 0.0721.